The van der Waals surface area contributed by atoms with Crippen molar-refractivity contribution in [2.75, 3.05) is 23.7 Å². The molecule has 5 heteroatoms. The number of amides is 2. The minimum absolute atomic E-state index is 0.0581. The van der Waals surface area contributed by atoms with Crippen molar-refractivity contribution in [3.63, 3.8) is 0 Å². The monoisotopic (exact) mass is 367 g/mol. The molecule has 2 aromatic rings. The summed E-state index contributed by atoms with van der Waals surface area (Å²) in [5.41, 5.74) is 3.17. The molecule has 0 saturated heterocycles. The van der Waals surface area contributed by atoms with E-state index in [-0.39, 0.29) is 23.8 Å². The molecule has 2 rings (SSSR count). The second-order valence-corrected chi connectivity index (χ2v) is 7.53. The summed E-state index contributed by atoms with van der Waals surface area (Å²) < 4.78 is 0. The van der Waals surface area contributed by atoms with E-state index < -0.39 is 0 Å². The summed E-state index contributed by atoms with van der Waals surface area (Å²) in [6, 6.07) is 15.0. The molecule has 0 saturated carbocycles. The molecule has 0 bridgehead atoms. The lowest BCUT2D eigenvalue weighted by Crippen LogP contribution is -2.25. The van der Waals surface area contributed by atoms with Crippen molar-refractivity contribution in [2.45, 2.75) is 39.5 Å². The van der Waals surface area contributed by atoms with E-state index in [2.05, 4.69) is 36.7 Å². The zero-order valence-electron chi connectivity index (χ0n) is 16.6. The van der Waals surface area contributed by atoms with Gasteiger partial charge < -0.3 is 16.0 Å². The normalized spacial score (nSPS) is 11.0. The summed E-state index contributed by atoms with van der Waals surface area (Å²) in [4.78, 5) is 24.4. The second-order valence-electron chi connectivity index (χ2n) is 7.53. The van der Waals surface area contributed by atoms with Gasteiger partial charge in [-0.3, -0.25) is 9.59 Å². The Kier molecular flexibility index (Phi) is 6.99. The number of anilines is 2. The minimum Gasteiger partial charge on any atom is -0.376 e. The largest absolute Gasteiger partial charge is 0.376 e. The zero-order valence-corrected chi connectivity index (χ0v) is 16.6. The Morgan fingerprint density at radius 3 is 2.44 bits per heavy atom. The van der Waals surface area contributed by atoms with Gasteiger partial charge in [0.2, 0.25) is 5.91 Å². The van der Waals surface area contributed by atoms with Crippen LogP contribution in [0.25, 0.3) is 0 Å². The van der Waals surface area contributed by atoms with Crippen molar-refractivity contribution < 1.29 is 9.59 Å². The Hall–Kier alpha value is -2.82. The minimum atomic E-state index is -0.132. The van der Waals surface area contributed by atoms with E-state index in [0.29, 0.717) is 12.1 Å². The van der Waals surface area contributed by atoms with Crippen LogP contribution in [0.1, 0.15) is 50.0 Å². The van der Waals surface area contributed by atoms with Gasteiger partial charge in [0.25, 0.3) is 5.91 Å². The highest BCUT2D eigenvalue weighted by Crippen LogP contribution is 2.29. The average molecular weight is 367 g/mol. The van der Waals surface area contributed by atoms with E-state index in [1.165, 1.54) is 0 Å². The molecule has 0 heterocycles. The molecule has 27 heavy (non-hydrogen) atoms. The number of para-hydroxylation sites is 1. The second kappa shape index (κ2) is 9.21. The van der Waals surface area contributed by atoms with E-state index in [0.717, 1.165) is 23.4 Å². The van der Waals surface area contributed by atoms with Gasteiger partial charge in [-0.15, -0.1) is 0 Å². The van der Waals surface area contributed by atoms with Gasteiger partial charge in [0.1, 0.15) is 0 Å². The first-order chi connectivity index (χ1) is 12.8. The van der Waals surface area contributed by atoms with Crippen LogP contribution < -0.4 is 16.0 Å². The summed E-state index contributed by atoms with van der Waals surface area (Å²) in [6.07, 6.45) is 0.889. The highest BCUT2D eigenvalue weighted by atomic mass is 16.2. The van der Waals surface area contributed by atoms with Gasteiger partial charge >= 0.3 is 0 Å². The first-order valence-corrected chi connectivity index (χ1v) is 9.32. The summed E-state index contributed by atoms with van der Waals surface area (Å²) >= 11 is 0. The van der Waals surface area contributed by atoms with Crippen molar-refractivity contribution >= 4 is 23.2 Å². The van der Waals surface area contributed by atoms with Crippen LogP contribution in [0.15, 0.2) is 48.5 Å². The summed E-state index contributed by atoms with van der Waals surface area (Å²) in [6.45, 7) is 9.13. The summed E-state index contributed by atoms with van der Waals surface area (Å²) in [7, 11) is 0. The van der Waals surface area contributed by atoms with Crippen molar-refractivity contribution in [2.24, 2.45) is 0 Å². The third-order valence-corrected chi connectivity index (χ3v) is 4.12. The first kappa shape index (κ1) is 20.5. The number of carbonyl (C=O) groups excluding carboxylic acids is 2. The maximum absolute atomic E-state index is 12.4. The number of nitrogens with one attached hydrogen (secondary N) is 3. The number of rotatable bonds is 7. The molecular weight excluding hydrogens is 338 g/mol. The number of hydrogen-bond donors (Lipinski definition) is 3. The van der Waals surface area contributed by atoms with Crippen molar-refractivity contribution in [1.82, 2.24) is 5.32 Å². The van der Waals surface area contributed by atoms with Crippen LogP contribution in [0.4, 0.5) is 11.4 Å². The Bertz CT molecular complexity index is 794. The number of benzene rings is 2. The predicted octanol–water partition coefficient (Wildman–Crippen LogP) is 4.17. The molecule has 0 spiro atoms. The van der Waals surface area contributed by atoms with Crippen molar-refractivity contribution in [1.29, 1.82) is 0 Å². The van der Waals surface area contributed by atoms with Crippen LogP contribution >= 0.6 is 0 Å². The van der Waals surface area contributed by atoms with Crippen molar-refractivity contribution in [3.8, 4) is 0 Å². The fourth-order valence-electron chi connectivity index (χ4n) is 2.73. The Morgan fingerprint density at radius 2 is 1.74 bits per heavy atom. The van der Waals surface area contributed by atoms with E-state index in [1.54, 1.807) is 18.2 Å². The SMILES string of the molecule is CCCNC(=O)c1cccc(NCC(=O)Nc2ccccc2C(C)(C)C)c1. The molecule has 0 aliphatic rings. The lowest BCUT2D eigenvalue weighted by Gasteiger charge is -2.23. The van der Waals surface area contributed by atoms with E-state index in [9.17, 15) is 9.59 Å². The molecule has 5 nitrogen and oxygen atoms in total. The highest BCUT2D eigenvalue weighted by molar-refractivity contribution is 5.96. The maximum Gasteiger partial charge on any atom is 0.251 e. The van der Waals surface area contributed by atoms with Crippen molar-refractivity contribution in [3.05, 3.63) is 59.7 Å². The summed E-state index contributed by atoms with van der Waals surface area (Å²) in [5, 5.41) is 8.90. The zero-order chi connectivity index (χ0) is 19.9. The molecule has 0 aliphatic heterocycles. The van der Waals surface area contributed by atoms with Crippen LogP contribution in [-0.4, -0.2) is 24.9 Å². The third kappa shape index (κ3) is 6.13. The maximum atomic E-state index is 12.4. The number of hydrogen-bond acceptors (Lipinski definition) is 3. The quantitative estimate of drug-likeness (QED) is 0.688. The molecular formula is C22H29N3O2. The molecule has 0 atom stereocenters. The van der Waals surface area contributed by atoms with E-state index in [1.807, 2.05) is 37.3 Å². The molecule has 2 amide bonds. The molecule has 0 aromatic heterocycles. The Balaban J connectivity index is 1.98. The topological polar surface area (TPSA) is 70.2 Å². The average Bonchev–Trinajstić information content (AvgIpc) is 2.64. The molecule has 0 fully saturated rings. The van der Waals surface area contributed by atoms with Crippen LogP contribution in [0.3, 0.4) is 0 Å². The lowest BCUT2D eigenvalue weighted by atomic mass is 9.86. The Labute approximate surface area is 161 Å². The lowest BCUT2D eigenvalue weighted by molar-refractivity contribution is -0.114. The van der Waals surface area contributed by atoms with Crippen LogP contribution in [0.5, 0.6) is 0 Å². The van der Waals surface area contributed by atoms with Gasteiger partial charge in [-0.2, -0.15) is 0 Å². The van der Waals surface area contributed by atoms with Gasteiger partial charge in [-0.25, -0.2) is 0 Å². The molecule has 2 aromatic carbocycles. The molecule has 144 valence electrons. The standard InChI is InChI=1S/C22H29N3O2/c1-5-13-23-21(27)16-9-8-10-17(14-16)24-15-20(26)25-19-12-7-6-11-18(19)22(2,3)4/h6-12,14,24H,5,13,15H2,1-4H3,(H,23,27)(H,25,26). The van der Waals surface area contributed by atoms with Gasteiger partial charge in [-0.1, -0.05) is 52.0 Å². The third-order valence-electron chi connectivity index (χ3n) is 4.12. The smallest absolute Gasteiger partial charge is 0.251 e. The van der Waals surface area contributed by atoms with Crippen LogP contribution in [0, 0.1) is 0 Å². The Morgan fingerprint density at radius 1 is 1.00 bits per heavy atom. The van der Waals surface area contributed by atoms with E-state index >= 15 is 0 Å². The first-order valence-electron chi connectivity index (χ1n) is 9.32. The van der Waals surface area contributed by atoms with Gasteiger partial charge in [-0.05, 0) is 41.7 Å². The molecule has 0 radical (unpaired) electrons. The molecule has 0 aliphatic carbocycles. The van der Waals surface area contributed by atoms with Crippen LogP contribution in [-0.2, 0) is 10.2 Å². The number of carbonyl (C=O) groups is 2. The predicted molar refractivity (Wildman–Crippen MR) is 111 cm³/mol. The van der Waals surface area contributed by atoms with Gasteiger partial charge in [0.05, 0.1) is 6.54 Å². The van der Waals surface area contributed by atoms with E-state index in [4.69, 9.17) is 0 Å². The van der Waals surface area contributed by atoms with Gasteiger partial charge in [0, 0.05) is 23.5 Å². The summed E-state index contributed by atoms with van der Waals surface area (Å²) in [5.74, 6) is -0.239. The molecule has 3 N–H and O–H groups in total. The van der Waals surface area contributed by atoms with Gasteiger partial charge in [0.15, 0.2) is 0 Å². The fourth-order valence-corrected chi connectivity index (χ4v) is 2.73. The van der Waals surface area contributed by atoms with Crippen LogP contribution in [0.2, 0.25) is 0 Å². The molecule has 0 unspecified atom stereocenters. The fraction of sp³-hybridized carbons (Fsp3) is 0.364. The highest BCUT2D eigenvalue weighted by Gasteiger charge is 2.18.